The molecule has 170 valence electrons. The number of amides is 3. The number of ether oxygens (including phenoxy) is 1. The Kier molecular flexibility index (Phi) is 8.64. The molecule has 1 fully saturated rings. The van der Waals surface area contributed by atoms with Crippen molar-refractivity contribution in [1.82, 2.24) is 10.2 Å². The van der Waals surface area contributed by atoms with E-state index in [4.69, 9.17) is 16.3 Å². The predicted octanol–water partition coefficient (Wildman–Crippen LogP) is 3.60. The minimum atomic E-state index is -0.254. The lowest BCUT2D eigenvalue weighted by molar-refractivity contribution is -0.126. The molecule has 32 heavy (non-hydrogen) atoms. The van der Waals surface area contributed by atoms with Gasteiger partial charge in [0.25, 0.3) is 11.8 Å². The summed E-state index contributed by atoms with van der Waals surface area (Å²) in [5.41, 5.74) is 1.61. The largest absolute Gasteiger partial charge is 0.385 e. The van der Waals surface area contributed by atoms with Gasteiger partial charge in [0.1, 0.15) is 0 Å². The molecule has 2 N–H and O–H groups in total. The molecule has 0 aromatic heterocycles. The van der Waals surface area contributed by atoms with E-state index in [0.717, 1.165) is 19.3 Å². The molecular weight excluding hydrogens is 430 g/mol. The SMILES string of the molecule is COCCCNC(=O)C1CCCN(C(=O)c2ccc(NC(=O)c3ccc(Cl)cc3)cc2)C1. The Balaban J connectivity index is 1.54. The summed E-state index contributed by atoms with van der Waals surface area (Å²) >= 11 is 5.85. The zero-order valence-corrected chi connectivity index (χ0v) is 18.9. The smallest absolute Gasteiger partial charge is 0.255 e. The third-order valence-electron chi connectivity index (χ3n) is 5.40. The fraction of sp³-hybridized carbons (Fsp3) is 0.375. The van der Waals surface area contributed by atoms with E-state index in [0.29, 0.717) is 48.1 Å². The quantitative estimate of drug-likeness (QED) is 0.593. The molecule has 0 saturated carbocycles. The van der Waals surface area contributed by atoms with Gasteiger partial charge in [0.05, 0.1) is 5.92 Å². The Morgan fingerprint density at radius 3 is 2.44 bits per heavy atom. The van der Waals surface area contributed by atoms with E-state index >= 15 is 0 Å². The molecule has 0 spiro atoms. The maximum atomic E-state index is 12.9. The first-order chi connectivity index (χ1) is 15.5. The van der Waals surface area contributed by atoms with Gasteiger partial charge in [0, 0.05) is 55.2 Å². The Morgan fingerprint density at radius 1 is 1.06 bits per heavy atom. The number of hydrogen-bond acceptors (Lipinski definition) is 4. The fourth-order valence-corrected chi connectivity index (χ4v) is 3.76. The molecule has 8 heteroatoms. The van der Waals surface area contributed by atoms with Crippen molar-refractivity contribution >= 4 is 35.0 Å². The number of likely N-dealkylation sites (tertiary alicyclic amines) is 1. The molecule has 1 aliphatic rings. The highest BCUT2D eigenvalue weighted by Gasteiger charge is 2.28. The highest BCUT2D eigenvalue weighted by atomic mass is 35.5. The third kappa shape index (κ3) is 6.55. The first-order valence-corrected chi connectivity index (χ1v) is 11.1. The van der Waals surface area contributed by atoms with Crippen LogP contribution in [0.2, 0.25) is 5.02 Å². The average Bonchev–Trinajstić information content (AvgIpc) is 2.82. The zero-order valence-electron chi connectivity index (χ0n) is 18.1. The second-order valence-corrected chi connectivity index (χ2v) is 8.20. The van der Waals surface area contributed by atoms with Gasteiger partial charge in [-0.2, -0.15) is 0 Å². The van der Waals surface area contributed by atoms with E-state index in [9.17, 15) is 14.4 Å². The molecule has 3 rings (SSSR count). The zero-order chi connectivity index (χ0) is 22.9. The van der Waals surface area contributed by atoms with Crippen molar-refractivity contribution in [3.8, 4) is 0 Å². The molecule has 1 saturated heterocycles. The van der Waals surface area contributed by atoms with Crippen LogP contribution < -0.4 is 10.6 Å². The minimum Gasteiger partial charge on any atom is -0.385 e. The Morgan fingerprint density at radius 2 is 1.75 bits per heavy atom. The Hall–Kier alpha value is -2.90. The van der Waals surface area contributed by atoms with Crippen LogP contribution in [0.15, 0.2) is 48.5 Å². The summed E-state index contributed by atoms with van der Waals surface area (Å²) < 4.78 is 4.99. The number of carbonyl (C=O) groups excluding carboxylic acids is 3. The van der Waals surface area contributed by atoms with Crippen molar-refractivity contribution in [2.75, 3.05) is 38.7 Å². The molecule has 0 bridgehead atoms. The van der Waals surface area contributed by atoms with Crippen LogP contribution in [0.1, 0.15) is 40.0 Å². The molecule has 1 aliphatic heterocycles. The van der Waals surface area contributed by atoms with Crippen molar-refractivity contribution < 1.29 is 19.1 Å². The topological polar surface area (TPSA) is 87.7 Å². The number of piperidine rings is 1. The van der Waals surface area contributed by atoms with Gasteiger partial charge in [-0.1, -0.05) is 11.6 Å². The number of methoxy groups -OCH3 is 1. The maximum absolute atomic E-state index is 12.9. The highest BCUT2D eigenvalue weighted by molar-refractivity contribution is 6.30. The number of nitrogens with one attached hydrogen (secondary N) is 2. The number of carbonyl (C=O) groups is 3. The van der Waals surface area contributed by atoms with Gasteiger partial charge in [-0.25, -0.2) is 0 Å². The average molecular weight is 458 g/mol. The molecule has 1 unspecified atom stereocenters. The summed E-state index contributed by atoms with van der Waals surface area (Å²) in [5, 5.41) is 6.29. The number of nitrogens with zero attached hydrogens (tertiary/aromatic N) is 1. The van der Waals surface area contributed by atoms with E-state index in [1.54, 1.807) is 60.5 Å². The van der Waals surface area contributed by atoms with Gasteiger partial charge in [-0.05, 0) is 67.8 Å². The lowest BCUT2D eigenvalue weighted by atomic mass is 9.96. The van der Waals surface area contributed by atoms with Crippen LogP contribution in [-0.2, 0) is 9.53 Å². The van der Waals surface area contributed by atoms with Gasteiger partial charge >= 0.3 is 0 Å². The molecule has 0 radical (unpaired) electrons. The van der Waals surface area contributed by atoms with Crippen molar-refractivity contribution in [1.29, 1.82) is 0 Å². The van der Waals surface area contributed by atoms with E-state index in [-0.39, 0.29) is 23.6 Å². The summed E-state index contributed by atoms with van der Waals surface area (Å²) in [6.07, 6.45) is 2.32. The van der Waals surface area contributed by atoms with E-state index in [2.05, 4.69) is 10.6 Å². The van der Waals surface area contributed by atoms with E-state index in [1.807, 2.05) is 0 Å². The number of anilines is 1. The molecule has 7 nitrogen and oxygen atoms in total. The van der Waals surface area contributed by atoms with Gasteiger partial charge in [0.2, 0.25) is 5.91 Å². The molecular formula is C24H28ClN3O4. The van der Waals surface area contributed by atoms with Crippen molar-refractivity contribution in [3.63, 3.8) is 0 Å². The molecule has 1 atom stereocenters. The number of hydrogen-bond donors (Lipinski definition) is 2. The number of halogens is 1. The van der Waals surface area contributed by atoms with Crippen LogP contribution in [0, 0.1) is 5.92 Å². The van der Waals surface area contributed by atoms with Gasteiger partial charge < -0.3 is 20.3 Å². The summed E-state index contributed by atoms with van der Waals surface area (Å²) in [7, 11) is 1.63. The molecule has 0 aliphatic carbocycles. The normalized spacial score (nSPS) is 15.8. The Bertz CT molecular complexity index is 931. The first kappa shape index (κ1) is 23.8. The van der Waals surface area contributed by atoms with Crippen LogP contribution in [-0.4, -0.2) is 56.0 Å². The summed E-state index contributed by atoms with van der Waals surface area (Å²) in [6, 6.07) is 13.4. The van der Waals surface area contributed by atoms with E-state index in [1.165, 1.54) is 0 Å². The van der Waals surface area contributed by atoms with Crippen LogP contribution >= 0.6 is 11.6 Å². The lowest BCUT2D eigenvalue weighted by Gasteiger charge is -2.32. The van der Waals surface area contributed by atoms with Crippen molar-refractivity contribution in [2.45, 2.75) is 19.3 Å². The number of rotatable bonds is 8. The fourth-order valence-electron chi connectivity index (χ4n) is 3.63. The van der Waals surface area contributed by atoms with Gasteiger partial charge in [-0.3, -0.25) is 14.4 Å². The van der Waals surface area contributed by atoms with Crippen LogP contribution in [0.3, 0.4) is 0 Å². The third-order valence-corrected chi connectivity index (χ3v) is 5.65. The molecule has 2 aromatic rings. The molecule has 1 heterocycles. The molecule has 3 amide bonds. The predicted molar refractivity (Wildman–Crippen MR) is 124 cm³/mol. The summed E-state index contributed by atoms with van der Waals surface area (Å²) in [4.78, 5) is 39.4. The Labute approximate surface area is 193 Å². The second-order valence-electron chi connectivity index (χ2n) is 7.77. The second kappa shape index (κ2) is 11.6. The molecule has 2 aromatic carbocycles. The van der Waals surface area contributed by atoms with Crippen LogP contribution in [0.4, 0.5) is 5.69 Å². The first-order valence-electron chi connectivity index (χ1n) is 10.7. The summed E-state index contributed by atoms with van der Waals surface area (Å²) in [5.74, 6) is -0.583. The summed E-state index contributed by atoms with van der Waals surface area (Å²) in [6.45, 7) is 2.21. The van der Waals surface area contributed by atoms with E-state index < -0.39 is 0 Å². The van der Waals surface area contributed by atoms with Crippen LogP contribution in [0.25, 0.3) is 0 Å². The maximum Gasteiger partial charge on any atom is 0.255 e. The van der Waals surface area contributed by atoms with Crippen molar-refractivity contribution in [3.05, 3.63) is 64.7 Å². The lowest BCUT2D eigenvalue weighted by Crippen LogP contribution is -2.45. The number of benzene rings is 2. The highest BCUT2D eigenvalue weighted by Crippen LogP contribution is 2.20. The van der Waals surface area contributed by atoms with Gasteiger partial charge in [-0.15, -0.1) is 0 Å². The van der Waals surface area contributed by atoms with Crippen LogP contribution in [0.5, 0.6) is 0 Å². The van der Waals surface area contributed by atoms with Crippen molar-refractivity contribution in [2.24, 2.45) is 5.92 Å². The monoisotopic (exact) mass is 457 g/mol. The van der Waals surface area contributed by atoms with Gasteiger partial charge in [0.15, 0.2) is 0 Å². The standard InChI is InChI=1S/C24H28ClN3O4/c1-32-15-3-13-26-22(29)19-4-2-14-28(16-19)24(31)18-7-11-21(12-8-18)27-23(30)17-5-9-20(25)10-6-17/h5-12,19H,2-4,13-16H2,1H3,(H,26,29)(H,27,30). The minimum absolute atomic E-state index is 0.0149.